The predicted molar refractivity (Wildman–Crippen MR) is 63.1 cm³/mol. The van der Waals surface area contributed by atoms with Gasteiger partial charge in [0.1, 0.15) is 0 Å². The molecule has 0 spiro atoms. The second-order valence-electron chi connectivity index (χ2n) is 5.44. The van der Waals surface area contributed by atoms with E-state index in [1.807, 2.05) is 0 Å². The molecule has 92 valence electrons. The molecule has 1 atom stereocenters. The van der Waals surface area contributed by atoms with Gasteiger partial charge in [-0.15, -0.1) is 0 Å². The average molecular weight is 236 g/mol. The number of carbonyl (C=O) groups excluding carboxylic acids is 1. The molecule has 0 bridgehead atoms. The number of halogens is 1. The second kappa shape index (κ2) is 4.43. The largest absolute Gasteiger partial charge is 0.349 e. The molecule has 17 heavy (non-hydrogen) atoms. The Morgan fingerprint density at radius 3 is 2.94 bits per heavy atom. The first-order valence-corrected chi connectivity index (χ1v) is 5.89. The monoisotopic (exact) mass is 236 g/mol. The number of pyridine rings is 1. The van der Waals surface area contributed by atoms with E-state index < -0.39 is 5.95 Å². The first-order valence-electron chi connectivity index (χ1n) is 5.89. The number of aromatic nitrogens is 1. The fraction of sp³-hybridized carbons (Fsp3) is 0.538. The van der Waals surface area contributed by atoms with Crippen LogP contribution in [0.1, 0.15) is 43.5 Å². The van der Waals surface area contributed by atoms with Gasteiger partial charge in [0.25, 0.3) is 5.91 Å². The highest BCUT2D eigenvalue weighted by atomic mass is 19.1. The van der Waals surface area contributed by atoms with Crippen LogP contribution < -0.4 is 5.32 Å². The Bertz CT molecular complexity index is 431. The first kappa shape index (κ1) is 12.0. The van der Waals surface area contributed by atoms with Crippen molar-refractivity contribution in [2.45, 2.75) is 39.2 Å². The Kier molecular flexibility index (Phi) is 3.13. The number of carbonyl (C=O) groups is 1. The number of nitrogens with one attached hydrogen (secondary N) is 1. The van der Waals surface area contributed by atoms with Gasteiger partial charge in [0.2, 0.25) is 5.95 Å². The molecular weight excluding hydrogens is 219 g/mol. The van der Waals surface area contributed by atoms with Crippen molar-refractivity contribution in [2.75, 3.05) is 0 Å². The zero-order chi connectivity index (χ0) is 12.5. The lowest BCUT2D eigenvalue weighted by molar-refractivity contribution is 0.0935. The van der Waals surface area contributed by atoms with Crippen LogP contribution in [-0.4, -0.2) is 16.9 Å². The van der Waals surface area contributed by atoms with Crippen molar-refractivity contribution in [1.29, 1.82) is 0 Å². The van der Waals surface area contributed by atoms with Gasteiger partial charge in [-0.05, 0) is 30.7 Å². The van der Waals surface area contributed by atoms with Gasteiger partial charge in [0.15, 0.2) is 0 Å². The number of hydrogen-bond acceptors (Lipinski definition) is 2. The maximum absolute atomic E-state index is 12.9. The summed E-state index contributed by atoms with van der Waals surface area (Å²) in [4.78, 5) is 15.3. The van der Waals surface area contributed by atoms with Gasteiger partial charge in [-0.25, -0.2) is 4.98 Å². The molecule has 1 aromatic rings. The molecule has 0 radical (unpaired) electrons. The molecule has 2 rings (SSSR count). The van der Waals surface area contributed by atoms with E-state index in [4.69, 9.17) is 0 Å². The summed E-state index contributed by atoms with van der Waals surface area (Å²) in [6.45, 7) is 4.40. The minimum absolute atomic E-state index is 0.203. The van der Waals surface area contributed by atoms with E-state index in [-0.39, 0.29) is 11.9 Å². The summed E-state index contributed by atoms with van der Waals surface area (Å²) in [5.74, 6) is -0.835. The van der Waals surface area contributed by atoms with Crippen molar-refractivity contribution in [1.82, 2.24) is 10.3 Å². The molecule has 0 saturated heterocycles. The SMILES string of the molecule is CC1(C)CCC(NC(=O)c2ccnc(F)c2)C1. The first-order chi connectivity index (χ1) is 7.96. The highest BCUT2D eigenvalue weighted by molar-refractivity contribution is 5.94. The van der Waals surface area contributed by atoms with Gasteiger partial charge >= 0.3 is 0 Å². The molecule has 1 fully saturated rings. The van der Waals surface area contributed by atoms with Crippen LogP contribution in [0, 0.1) is 11.4 Å². The highest BCUT2D eigenvalue weighted by Crippen LogP contribution is 2.36. The lowest BCUT2D eigenvalue weighted by Crippen LogP contribution is -2.33. The second-order valence-corrected chi connectivity index (χ2v) is 5.44. The number of rotatable bonds is 2. The van der Waals surface area contributed by atoms with Crippen molar-refractivity contribution in [3.8, 4) is 0 Å². The van der Waals surface area contributed by atoms with E-state index in [1.54, 1.807) is 0 Å². The van der Waals surface area contributed by atoms with E-state index >= 15 is 0 Å². The standard InChI is InChI=1S/C13H17FN2O/c1-13(2)5-3-10(8-13)16-12(17)9-4-6-15-11(14)7-9/h4,6-7,10H,3,5,8H2,1-2H3,(H,16,17). The smallest absolute Gasteiger partial charge is 0.251 e. The maximum atomic E-state index is 12.9. The fourth-order valence-corrected chi connectivity index (χ4v) is 2.37. The summed E-state index contributed by atoms with van der Waals surface area (Å²) in [7, 11) is 0. The van der Waals surface area contributed by atoms with Crippen LogP contribution in [-0.2, 0) is 0 Å². The lowest BCUT2D eigenvalue weighted by Gasteiger charge is -2.17. The topological polar surface area (TPSA) is 42.0 Å². The minimum atomic E-state index is -0.621. The summed E-state index contributed by atoms with van der Waals surface area (Å²) in [5, 5.41) is 2.94. The summed E-state index contributed by atoms with van der Waals surface area (Å²) in [6.07, 6.45) is 4.39. The average Bonchev–Trinajstić information content (AvgIpc) is 2.58. The van der Waals surface area contributed by atoms with E-state index in [9.17, 15) is 9.18 Å². The molecule has 3 nitrogen and oxygen atoms in total. The van der Waals surface area contributed by atoms with Crippen LogP contribution in [0.4, 0.5) is 4.39 Å². The molecular formula is C13H17FN2O. The zero-order valence-electron chi connectivity index (χ0n) is 10.2. The highest BCUT2D eigenvalue weighted by Gasteiger charge is 2.31. The van der Waals surface area contributed by atoms with Crippen molar-refractivity contribution in [3.63, 3.8) is 0 Å². The van der Waals surface area contributed by atoms with Crippen molar-refractivity contribution in [3.05, 3.63) is 29.8 Å². The molecule has 1 aliphatic rings. The van der Waals surface area contributed by atoms with Crippen LogP contribution in [0.25, 0.3) is 0 Å². The molecule has 1 saturated carbocycles. The minimum Gasteiger partial charge on any atom is -0.349 e. The van der Waals surface area contributed by atoms with Crippen LogP contribution in [0.3, 0.4) is 0 Å². The molecule has 1 N–H and O–H groups in total. The maximum Gasteiger partial charge on any atom is 0.251 e. The van der Waals surface area contributed by atoms with Crippen LogP contribution >= 0.6 is 0 Å². The normalized spacial score (nSPS) is 22.4. The van der Waals surface area contributed by atoms with E-state index in [2.05, 4.69) is 24.1 Å². The Hall–Kier alpha value is -1.45. The van der Waals surface area contributed by atoms with Gasteiger partial charge in [-0.3, -0.25) is 4.79 Å². The Morgan fingerprint density at radius 2 is 2.35 bits per heavy atom. The van der Waals surface area contributed by atoms with Gasteiger partial charge in [-0.1, -0.05) is 13.8 Å². The summed E-state index contributed by atoms with van der Waals surface area (Å²) >= 11 is 0. The van der Waals surface area contributed by atoms with Crippen LogP contribution in [0.5, 0.6) is 0 Å². The molecule has 4 heteroatoms. The van der Waals surface area contributed by atoms with Crippen LogP contribution in [0.2, 0.25) is 0 Å². The van der Waals surface area contributed by atoms with Crippen molar-refractivity contribution >= 4 is 5.91 Å². The van der Waals surface area contributed by atoms with E-state index in [0.29, 0.717) is 11.0 Å². The molecule has 0 aromatic carbocycles. The summed E-state index contributed by atoms with van der Waals surface area (Å²) in [5.41, 5.74) is 0.628. The molecule has 1 aromatic heterocycles. The van der Waals surface area contributed by atoms with Crippen molar-refractivity contribution < 1.29 is 9.18 Å². The Labute approximate surface area is 100 Å². The van der Waals surface area contributed by atoms with Gasteiger partial charge < -0.3 is 5.32 Å². The number of amides is 1. The molecule has 1 aliphatic carbocycles. The third kappa shape index (κ3) is 3.02. The molecule has 1 heterocycles. The van der Waals surface area contributed by atoms with Gasteiger partial charge in [-0.2, -0.15) is 4.39 Å². The van der Waals surface area contributed by atoms with Gasteiger partial charge in [0.05, 0.1) is 0 Å². The summed E-state index contributed by atoms with van der Waals surface area (Å²) < 4.78 is 12.9. The van der Waals surface area contributed by atoms with Crippen LogP contribution in [0.15, 0.2) is 18.3 Å². The van der Waals surface area contributed by atoms with E-state index in [1.165, 1.54) is 12.3 Å². The van der Waals surface area contributed by atoms with Crippen molar-refractivity contribution in [2.24, 2.45) is 5.41 Å². The quantitative estimate of drug-likeness (QED) is 0.802. The lowest BCUT2D eigenvalue weighted by atomic mass is 9.92. The zero-order valence-corrected chi connectivity index (χ0v) is 10.2. The van der Waals surface area contributed by atoms with E-state index in [0.717, 1.165) is 25.3 Å². The molecule has 1 amide bonds. The predicted octanol–water partition coefficient (Wildman–Crippen LogP) is 2.53. The Morgan fingerprint density at radius 1 is 1.59 bits per heavy atom. The number of hydrogen-bond donors (Lipinski definition) is 1. The third-order valence-corrected chi connectivity index (χ3v) is 3.29. The fourth-order valence-electron chi connectivity index (χ4n) is 2.37. The molecule has 0 aliphatic heterocycles. The summed E-state index contributed by atoms with van der Waals surface area (Å²) in [6, 6.07) is 2.89. The van der Waals surface area contributed by atoms with Gasteiger partial charge in [0, 0.05) is 23.9 Å². The Balaban J connectivity index is 1.98. The molecule has 1 unspecified atom stereocenters. The number of nitrogens with zero attached hydrogens (tertiary/aromatic N) is 1. The third-order valence-electron chi connectivity index (χ3n) is 3.29.